The maximum Gasteiger partial charge on any atom is 0.263 e. The average molecular weight is 359 g/mol. The van der Waals surface area contributed by atoms with Crippen LogP contribution in [0.4, 0.5) is 0 Å². The molecule has 116 valence electrons. The van der Waals surface area contributed by atoms with Gasteiger partial charge in [0, 0.05) is 4.90 Å². The van der Waals surface area contributed by atoms with Crippen molar-refractivity contribution in [2.75, 3.05) is 7.11 Å². The van der Waals surface area contributed by atoms with Gasteiger partial charge in [0.05, 0.1) is 16.9 Å². The van der Waals surface area contributed by atoms with Gasteiger partial charge in [-0.2, -0.15) is 0 Å². The maximum absolute atomic E-state index is 11.8. The van der Waals surface area contributed by atoms with E-state index >= 15 is 0 Å². The Bertz CT molecular complexity index is 802. The number of rotatable bonds is 4. The van der Waals surface area contributed by atoms with Gasteiger partial charge < -0.3 is 10.1 Å². The summed E-state index contributed by atoms with van der Waals surface area (Å²) in [6.45, 7) is 0. The van der Waals surface area contributed by atoms with Gasteiger partial charge in [-0.3, -0.25) is 4.79 Å². The predicted molar refractivity (Wildman–Crippen MR) is 99.9 cm³/mol. The number of ether oxygens (including phenoxy) is 1. The van der Waals surface area contributed by atoms with Crippen LogP contribution >= 0.6 is 35.7 Å². The van der Waals surface area contributed by atoms with Crippen molar-refractivity contribution >= 4 is 52.0 Å². The van der Waals surface area contributed by atoms with Crippen molar-refractivity contribution < 1.29 is 9.53 Å². The van der Waals surface area contributed by atoms with E-state index in [2.05, 4.69) is 5.32 Å². The minimum Gasteiger partial charge on any atom is -0.496 e. The SMILES string of the molecule is COc1ccccc1Sc1ccccc1C=C1SC(=S)NC1=O. The third kappa shape index (κ3) is 3.77. The first-order valence-corrected chi connectivity index (χ1v) is 8.86. The molecule has 0 aliphatic carbocycles. The fourth-order valence-corrected chi connectivity index (χ4v) is 4.14. The highest BCUT2D eigenvalue weighted by Crippen LogP contribution is 2.37. The molecular formula is C17H13NO2S3. The molecule has 0 saturated carbocycles. The van der Waals surface area contributed by atoms with Crippen LogP contribution in [0.5, 0.6) is 5.75 Å². The molecule has 0 aromatic heterocycles. The van der Waals surface area contributed by atoms with Gasteiger partial charge in [-0.15, -0.1) is 0 Å². The molecule has 3 nitrogen and oxygen atoms in total. The number of hydrogen-bond acceptors (Lipinski definition) is 5. The summed E-state index contributed by atoms with van der Waals surface area (Å²) in [6, 6.07) is 15.8. The number of amides is 1. The number of benzene rings is 2. The van der Waals surface area contributed by atoms with Crippen molar-refractivity contribution in [2.24, 2.45) is 0 Å². The van der Waals surface area contributed by atoms with E-state index in [9.17, 15) is 4.79 Å². The maximum atomic E-state index is 11.8. The van der Waals surface area contributed by atoms with Crippen LogP contribution in [0, 0.1) is 0 Å². The molecule has 2 aromatic rings. The average Bonchev–Trinajstić information content (AvgIpc) is 2.87. The summed E-state index contributed by atoms with van der Waals surface area (Å²) < 4.78 is 5.90. The molecule has 1 heterocycles. The molecule has 1 aliphatic heterocycles. The summed E-state index contributed by atoms with van der Waals surface area (Å²) in [5.74, 6) is 0.686. The minimum atomic E-state index is -0.142. The summed E-state index contributed by atoms with van der Waals surface area (Å²) in [4.78, 5) is 14.5. The molecule has 1 N–H and O–H groups in total. The van der Waals surface area contributed by atoms with Gasteiger partial charge in [-0.1, -0.05) is 66.1 Å². The standard InChI is InChI=1S/C17H13NO2S3/c1-20-12-7-3-5-9-14(12)22-13-8-4-2-6-11(13)10-15-16(19)18-17(21)23-15/h2-10H,1H3,(H,18,19,21). The first kappa shape index (κ1) is 16.1. The van der Waals surface area contributed by atoms with Gasteiger partial charge in [0.2, 0.25) is 0 Å². The Morgan fingerprint density at radius 2 is 1.83 bits per heavy atom. The van der Waals surface area contributed by atoms with E-state index in [0.29, 0.717) is 9.23 Å². The third-order valence-corrected chi connectivity index (χ3v) is 5.45. The second kappa shape index (κ2) is 7.21. The molecule has 0 atom stereocenters. The van der Waals surface area contributed by atoms with E-state index in [1.165, 1.54) is 11.8 Å². The molecule has 1 aliphatic rings. The number of nitrogens with one attached hydrogen (secondary N) is 1. The van der Waals surface area contributed by atoms with Crippen molar-refractivity contribution in [3.05, 3.63) is 59.0 Å². The number of carbonyl (C=O) groups is 1. The lowest BCUT2D eigenvalue weighted by atomic mass is 10.2. The molecule has 6 heteroatoms. The summed E-state index contributed by atoms with van der Waals surface area (Å²) in [5, 5.41) is 2.63. The number of hydrogen-bond donors (Lipinski definition) is 1. The van der Waals surface area contributed by atoms with Crippen LogP contribution in [-0.4, -0.2) is 17.3 Å². The van der Waals surface area contributed by atoms with E-state index in [4.69, 9.17) is 17.0 Å². The summed E-state index contributed by atoms with van der Waals surface area (Å²) >= 11 is 7.92. The first-order valence-electron chi connectivity index (χ1n) is 6.82. The third-order valence-electron chi connectivity index (χ3n) is 3.14. The lowest BCUT2D eigenvalue weighted by Gasteiger charge is -2.10. The quantitative estimate of drug-likeness (QED) is 0.649. The van der Waals surface area contributed by atoms with Crippen LogP contribution in [0.3, 0.4) is 0 Å². The number of thioether (sulfide) groups is 1. The zero-order valence-corrected chi connectivity index (χ0v) is 14.7. The zero-order valence-electron chi connectivity index (χ0n) is 12.2. The molecule has 1 saturated heterocycles. The molecule has 23 heavy (non-hydrogen) atoms. The van der Waals surface area contributed by atoms with Crippen LogP contribution in [0.25, 0.3) is 6.08 Å². The number of para-hydroxylation sites is 1. The molecule has 0 spiro atoms. The summed E-state index contributed by atoms with van der Waals surface area (Å²) in [6.07, 6.45) is 1.87. The fourth-order valence-electron chi connectivity index (χ4n) is 2.08. The molecule has 1 fully saturated rings. The Labute approximate surface area is 148 Å². The second-order valence-corrected chi connectivity index (χ2v) is 7.45. The van der Waals surface area contributed by atoms with Gasteiger partial charge in [0.25, 0.3) is 5.91 Å². The van der Waals surface area contributed by atoms with Crippen LogP contribution in [0.15, 0.2) is 63.2 Å². The summed E-state index contributed by atoms with van der Waals surface area (Å²) in [7, 11) is 1.66. The first-order chi connectivity index (χ1) is 11.2. The smallest absolute Gasteiger partial charge is 0.263 e. The Hall–Kier alpha value is -1.76. The highest BCUT2D eigenvalue weighted by Gasteiger charge is 2.22. The Balaban J connectivity index is 1.94. The van der Waals surface area contributed by atoms with Crippen molar-refractivity contribution in [1.82, 2.24) is 5.32 Å². The Morgan fingerprint density at radius 1 is 1.13 bits per heavy atom. The summed E-state index contributed by atoms with van der Waals surface area (Å²) in [5.41, 5.74) is 0.978. The largest absolute Gasteiger partial charge is 0.496 e. The van der Waals surface area contributed by atoms with E-state index in [1.54, 1.807) is 18.9 Å². The van der Waals surface area contributed by atoms with E-state index in [1.807, 2.05) is 54.6 Å². The number of thiocarbonyl (C=S) groups is 1. The zero-order chi connectivity index (χ0) is 16.2. The van der Waals surface area contributed by atoms with Gasteiger partial charge in [-0.05, 0) is 29.8 Å². The second-order valence-electron chi connectivity index (χ2n) is 4.64. The van der Waals surface area contributed by atoms with Crippen molar-refractivity contribution in [2.45, 2.75) is 9.79 Å². The highest BCUT2D eigenvalue weighted by atomic mass is 32.2. The number of carbonyl (C=O) groups excluding carboxylic acids is 1. The topological polar surface area (TPSA) is 38.3 Å². The molecule has 0 bridgehead atoms. The predicted octanol–water partition coefficient (Wildman–Crippen LogP) is 4.34. The van der Waals surface area contributed by atoms with E-state index in [-0.39, 0.29) is 5.91 Å². The molecule has 0 radical (unpaired) electrons. The normalized spacial score (nSPS) is 15.8. The van der Waals surface area contributed by atoms with Gasteiger partial charge in [-0.25, -0.2) is 0 Å². The van der Waals surface area contributed by atoms with Crippen molar-refractivity contribution in [1.29, 1.82) is 0 Å². The van der Waals surface area contributed by atoms with E-state index < -0.39 is 0 Å². The van der Waals surface area contributed by atoms with Gasteiger partial charge >= 0.3 is 0 Å². The molecule has 3 rings (SSSR count). The Morgan fingerprint density at radius 3 is 2.52 bits per heavy atom. The highest BCUT2D eigenvalue weighted by molar-refractivity contribution is 8.26. The van der Waals surface area contributed by atoms with Gasteiger partial charge in [0.15, 0.2) is 0 Å². The van der Waals surface area contributed by atoms with Crippen LogP contribution in [0.2, 0.25) is 0 Å². The van der Waals surface area contributed by atoms with Crippen LogP contribution < -0.4 is 10.1 Å². The monoisotopic (exact) mass is 359 g/mol. The molecule has 0 unspecified atom stereocenters. The molecule has 1 amide bonds. The molecule has 2 aromatic carbocycles. The van der Waals surface area contributed by atoms with Crippen molar-refractivity contribution in [3.63, 3.8) is 0 Å². The van der Waals surface area contributed by atoms with E-state index in [0.717, 1.165) is 21.1 Å². The lowest BCUT2D eigenvalue weighted by Crippen LogP contribution is -2.17. The minimum absolute atomic E-state index is 0.142. The lowest BCUT2D eigenvalue weighted by molar-refractivity contribution is -0.115. The Kier molecular flexibility index (Phi) is 5.05. The van der Waals surface area contributed by atoms with Crippen LogP contribution in [-0.2, 0) is 4.79 Å². The number of methoxy groups -OCH3 is 1. The van der Waals surface area contributed by atoms with Gasteiger partial charge in [0.1, 0.15) is 10.1 Å². The molecular weight excluding hydrogens is 346 g/mol. The van der Waals surface area contributed by atoms with Crippen LogP contribution in [0.1, 0.15) is 5.56 Å². The van der Waals surface area contributed by atoms with Crippen molar-refractivity contribution in [3.8, 4) is 5.75 Å². The fraction of sp³-hybridized carbons (Fsp3) is 0.0588.